The Morgan fingerprint density at radius 3 is 2.58 bits per heavy atom. The first-order chi connectivity index (χ1) is 15.8. The monoisotopic (exact) mass is 451 g/mol. The zero-order valence-corrected chi connectivity index (χ0v) is 17.9. The van der Waals surface area contributed by atoms with Gasteiger partial charge in [0.05, 0.1) is 16.6 Å². The first kappa shape index (κ1) is 22.3. The van der Waals surface area contributed by atoms with Gasteiger partial charge in [-0.25, -0.2) is 9.37 Å². The third kappa shape index (κ3) is 4.83. The lowest BCUT2D eigenvalue weighted by atomic mass is 10.1. The number of benzene rings is 2. The molecule has 0 fully saturated rings. The fourth-order valence-electron chi connectivity index (χ4n) is 3.60. The molecule has 0 radical (unpaired) electrons. The van der Waals surface area contributed by atoms with Crippen LogP contribution in [0.15, 0.2) is 57.8 Å². The van der Waals surface area contributed by atoms with Crippen LogP contribution in [0.1, 0.15) is 43.9 Å². The summed E-state index contributed by atoms with van der Waals surface area (Å²) in [6.45, 7) is 1.57. The molecule has 0 aliphatic rings. The summed E-state index contributed by atoms with van der Waals surface area (Å²) in [6, 6.07) is 12.3. The maximum Gasteiger partial charge on any atom is 0.303 e. The van der Waals surface area contributed by atoms with E-state index in [9.17, 15) is 19.1 Å². The van der Waals surface area contributed by atoms with Crippen molar-refractivity contribution in [3.8, 4) is 16.9 Å². The zero-order chi connectivity index (χ0) is 23.5. The van der Waals surface area contributed by atoms with Gasteiger partial charge in [-0.3, -0.25) is 14.2 Å². The van der Waals surface area contributed by atoms with Crippen LogP contribution in [0.2, 0.25) is 0 Å². The second-order valence-corrected chi connectivity index (χ2v) is 7.77. The molecule has 2 aromatic carbocycles. The van der Waals surface area contributed by atoms with Crippen molar-refractivity contribution < 1.29 is 23.9 Å². The number of carbonyl (C=O) groups is 1. The Morgan fingerprint density at radius 2 is 1.91 bits per heavy atom. The Labute approximate surface area is 187 Å². The number of hydrogen-bond donors (Lipinski definition) is 2. The number of carboxylic acids is 1. The van der Waals surface area contributed by atoms with E-state index in [-0.39, 0.29) is 12.0 Å². The van der Waals surface area contributed by atoms with Crippen LogP contribution in [0.3, 0.4) is 0 Å². The number of aryl methyl sites for hydroxylation is 1. The van der Waals surface area contributed by atoms with Crippen LogP contribution >= 0.6 is 0 Å². The number of fused-ring (bicyclic) bond motifs is 1. The van der Waals surface area contributed by atoms with Gasteiger partial charge in [0.25, 0.3) is 5.56 Å². The van der Waals surface area contributed by atoms with Crippen LogP contribution in [0, 0.1) is 5.82 Å². The molecule has 0 unspecified atom stereocenters. The van der Waals surface area contributed by atoms with Gasteiger partial charge in [-0.15, -0.1) is 0 Å². The predicted molar refractivity (Wildman–Crippen MR) is 119 cm³/mol. The molecule has 170 valence electrons. The molecule has 4 aromatic rings. The number of aromatic nitrogens is 3. The van der Waals surface area contributed by atoms with Crippen LogP contribution in [-0.2, 0) is 11.2 Å². The summed E-state index contributed by atoms with van der Waals surface area (Å²) >= 11 is 0. The fraction of sp³-hybridized carbons (Fsp3) is 0.250. The molecule has 2 aromatic heterocycles. The van der Waals surface area contributed by atoms with Crippen molar-refractivity contribution in [2.45, 2.75) is 38.7 Å². The normalized spacial score (nSPS) is 12.2. The quantitative estimate of drug-likeness (QED) is 0.388. The summed E-state index contributed by atoms with van der Waals surface area (Å²) in [4.78, 5) is 28.9. The molecule has 2 N–H and O–H groups in total. The van der Waals surface area contributed by atoms with E-state index in [0.717, 1.165) is 0 Å². The third-order valence-electron chi connectivity index (χ3n) is 5.30. The number of halogens is 1. The van der Waals surface area contributed by atoms with Gasteiger partial charge >= 0.3 is 5.97 Å². The summed E-state index contributed by atoms with van der Waals surface area (Å²) < 4.78 is 20.0. The lowest BCUT2D eigenvalue weighted by Crippen LogP contribution is -2.24. The molecule has 9 heteroatoms. The van der Waals surface area contributed by atoms with Crippen molar-refractivity contribution in [3.05, 3.63) is 76.3 Å². The second kappa shape index (κ2) is 9.33. The highest BCUT2D eigenvalue weighted by Crippen LogP contribution is 2.25. The van der Waals surface area contributed by atoms with Crippen molar-refractivity contribution in [1.82, 2.24) is 14.7 Å². The van der Waals surface area contributed by atoms with Crippen molar-refractivity contribution >= 4 is 16.9 Å². The number of rotatable bonds is 8. The SMILES string of the molecule is C[C@@H](O)c1cc(-c2ccc3c(=O)n(-c4ccc(F)cc4)c(CCCCC(=O)O)nc3c2)no1. The second-order valence-electron chi connectivity index (χ2n) is 7.77. The van der Waals surface area contributed by atoms with Gasteiger partial charge in [-0.1, -0.05) is 11.2 Å². The largest absolute Gasteiger partial charge is 0.481 e. The molecular formula is C24H22FN3O5. The van der Waals surface area contributed by atoms with Crippen molar-refractivity contribution in [1.29, 1.82) is 0 Å². The average Bonchev–Trinajstić information content (AvgIpc) is 3.28. The lowest BCUT2D eigenvalue weighted by molar-refractivity contribution is -0.137. The topological polar surface area (TPSA) is 118 Å². The minimum atomic E-state index is -0.883. The van der Waals surface area contributed by atoms with Crippen LogP contribution < -0.4 is 5.56 Å². The smallest absolute Gasteiger partial charge is 0.303 e. The Balaban J connectivity index is 1.80. The molecule has 0 bridgehead atoms. The predicted octanol–water partition coefficient (Wildman–Crippen LogP) is 4.03. The van der Waals surface area contributed by atoms with E-state index in [0.29, 0.717) is 58.7 Å². The summed E-state index contributed by atoms with van der Waals surface area (Å²) in [5.74, 6) is -0.529. The number of aliphatic hydroxyl groups is 1. The number of aliphatic carboxylic acids is 1. The number of hydrogen-bond acceptors (Lipinski definition) is 6. The van der Waals surface area contributed by atoms with Crippen LogP contribution in [-0.4, -0.2) is 30.9 Å². The molecule has 0 saturated heterocycles. The molecule has 33 heavy (non-hydrogen) atoms. The van der Waals surface area contributed by atoms with Gasteiger partial charge in [-0.05, 0) is 56.2 Å². The number of aliphatic hydroxyl groups excluding tert-OH is 1. The molecule has 0 amide bonds. The van der Waals surface area contributed by atoms with E-state index in [4.69, 9.17) is 14.6 Å². The summed E-state index contributed by atoms with van der Waals surface area (Å²) in [5, 5.41) is 22.9. The molecule has 2 heterocycles. The van der Waals surface area contributed by atoms with Crippen molar-refractivity contribution in [3.63, 3.8) is 0 Å². The highest BCUT2D eigenvalue weighted by molar-refractivity contribution is 5.83. The Morgan fingerprint density at radius 1 is 1.15 bits per heavy atom. The molecule has 4 rings (SSSR count). The molecule has 0 aliphatic heterocycles. The number of carboxylic acid groups (broad SMARTS) is 1. The van der Waals surface area contributed by atoms with Gasteiger partial charge in [0.2, 0.25) is 0 Å². The highest BCUT2D eigenvalue weighted by atomic mass is 19.1. The van der Waals surface area contributed by atoms with E-state index >= 15 is 0 Å². The lowest BCUT2D eigenvalue weighted by Gasteiger charge is -2.14. The molecule has 0 spiro atoms. The van der Waals surface area contributed by atoms with Crippen molar-refractivity contribution in [2.24, 2.45) is 0 Å². The highest BCUT2D eigenvalue weighted by Gasteiger charge is 2.16. The molecular weight excluding hydrogens is 429 g/mol. The van der Waals surface area contributed by atoms with Crippen molar-refractivity contribution in [2.75, 3.05) is 0 Å². The summed E-state index contributed by atoms with van der Waals surface area (Å²) in [5.41, 5.74) is 1.79. The van der Waals surface area contributed by atoms with E-state index < -0.39 is 17.9 Å². The molecule has 8 nitrogen and oxygen atoms in total. The Bertz CT molecular complexity index is 1360. The van der Waals surface area contributed by atoms with Crippen LogP contribution in [0.4, 0.5) is 4.39 Å². The van der Waals surface area contributed by atoms with Gasteiger partial charge in [0.1, 0.15) is 23.4 Å². The van der Waals surface area contributed by atoms with E-state index in [2.05, 4.69) is 5.16 Å². The van der Waals surface area contributed by atoms with Crippen LogP contribution in [0.25, 0.3) is 27.8 Å². The molecule has 1 atom stereocenters. The standard InChI is InChI=1S/C24H22FN3O5/c1-14(29)21-13-19(27-33-21)15-6-11-18-20(12-15)26-22(4-2-3-5-23(30)31)28(24(18)32)17-9-7-16(25)8-10-17/h6-14,29H,2-5H2,1H3,(H,30,31)/t14-/m1/s1. The first-order valence-corrected chi connectivity index (χ1v) is 10.5. The third-order valence-corrected chi connectivity index (χ3v) is 5.30. The maximum absolute atomic E-state index is 13.4. The Hall–Kier alpha value is -3.85. The minimum Gasteiger partial charge on any atom is -0.481 e. The first-order valence-electron chi connectivity index (χ1n) is 10.5. The molecule has 0 saturated carbocycles. The van der Waals surface area contributed by atoms with Gasteiger partial charge < -0.3 is 14.7 Å². The van der Waals surface area contributed by atoms with Gasteiger partial charge in [-0.2, -0.15) is 0 Å². The average molecular weight is 451 g/mol. The minimum absolute atomic E-state index is 0.0241. The number of unbranched alkanes of at least 4 members (excludes halogenated alkanes) is 1. The zero-order valence-electron chi connectivity index (χ0n) is 17.9. The fourth-order valence-corrected chi connectivity index (χ4v) is 3.60. The molecule has 0 aliphatic carbocycles. The van der Waals surface area contributed by atoms with Gasteiger partial charge in [0.15, 0.2) is 5.76 Å². The maximum atomic E-state index is 13.4. The van der Waals surface area contributed by atoms with E-state index in [1.807, 2.05) is 0 Å². The summed E-state index contributed by atoms with van der Waals surface area (Å²) in [6.07, 6.45) is 0.553. The Kier molecular flexibility index (Phi) is 6.32. The van der Waals surface area contributed by atoms with E-state index in [1.165, 1.54) is 28.8 Å². The van der Waals surface area contributed by atoms with E-state index in [1.54, 1.807) is 31.2 Å². The number of nitrogens with zero attached hydrogens (tertiary/aromatic N) is 3. The van der Waals surface area contributed by atoms with Crippen LogP contribution in [0.5, 0.6) is 0 Å². The van der Waals surface area contributed by atoms with Gasteiger partial charge in [0, 0.05) is 24.5 Å². The summed E-state index contributed by atoms with van der Waals surface area (Å²) in [7, 11) is 0.